The van der Waals surface area contributed by atoms with E-state index in [-0.39, 0.29) is 29.2 Å². The van der Waals surface area contributed by atoms with Crippen molar-refractivity contribution in [3.05, 3.63) is 65.8 Å². The Morgan fingerprint density at radius 1 is 1.23 bits per heavy atom. The fraction of sp³-hybridized carbons (Fsp3) is 0.273. The van der Waals surface area contributed by atoms with E-state index in [4.69, 9.17) is 11.6 Å². The smallest absolute Gasteiger partial charge is 0.233 e. The van der Waals surface area contributed by atoms with Crippen LogP contribution < -0.4 is 0 Å². The van der Waals surface area contributed by atoms with Crippen molar-refractivity contribution in [2.45, 2.75) is 17.6 Å². The minimum absolute atomic E-state index is 0.0369. The van der Waals surface area contributed by atoms with E-state index in [0.717, 1.165) is 16.9 Å². The van der Waals surface area contributed by atoms with Crippen LogP contribution in [0.3, 0.4) is 0 Å². The molecule has 0 N–H and O–H groups in total. The van der Waals surface area contributed by atoms with Crippen LogP contribution in [0.1, 0.15) is 6.42 Å². The molecular weight excluding hydrogens is 454 g/mol. The van der Waals surface area contributed by atoms with Crippen molar-refractivity contribution >= 4 is 39.1 Å². The maximum atomic E-state index is 12.7. The van der Waals surface area contributed by atoms with Crippen molar-refractivity contribution in [2.75, 3.05) is 24.3 Å². The number of benzene rings is 2. The SMILES string of the molecule is CN(C(=O)CSc1ncc(-c2ccccc2)n1-c1cccc(Cl)c1)C1CCS(=O)(=O)C1. The van der Waals surface area contributed by atoms with Crippen LogP contribution in [0.2, 0.25) is 5.02 Å². The van der Waals surface area contributed by atoms with Crippen molar-refractivity contribution in [1.82, 2.24) is 14.5 Å². The number of carbonyl (C=O) groups is 1. The van der Waals surface area contributed by atoms with Crippen molar-refractivity contribution in [3.63, 3.8) is 0 Å². The Balaban J connectivity index is 1.58. The monoisotopic (exact) mass is 475 g/mol. The molecule has 1 saturated heterocycles. The summed E-state index contributed by atoms with van der Waals surface area (Å²) in [7, 11) is -1.37. The van der Waals surface area contributed by atoms with Crippen LogP contribution in [0.4, 0.5) is 0 Å². The van der Waals surface area contributed by atoms with Crippen LogP contribution in [0.15, 0.2) is 66.0 Å². The highest BCUT2D eigenvalue weighted by molar-refractivity contribution is 7.99. The maximum absolute atomic E-state index is 12.7. The first-order valence-corrected chi connectivity index (χ1v) is 13.0. The fourth-order valence-corrected chi connectivity index (χ4v) is 6.50. The molecular formula is C22H22ClN3O3S2. The average molecular weight is 476 g/mol. The predicted octanol–water partition coefficient (Wildman–Crippen LogP) is 3.93. The molecule has 0 bridgehead atoms. The predicted molar refractivity (Wildman–Crippen MR) is 125 cm³/mol. The van der Waals surface area contributed by atoms with Gasteiger partial charge in [0.15, 0.2) is 15.0 Å². The second-order valence-electron chi connectivity index (χ2n) is 7.46. The molecule has 0 aliphatic carbocycles. The Morgan fingerprint density at radius 3 is 2.68 bits per heavy atom. The summed E-state index contributed by atoms with van der Waals surface area (Å²) in [5, 5.41) is 1.28. The Morgan fingerprint density at radius 2 is 2.00 bits per heavy atom. The number of nitrogens with zero attached hydrogens (tertiary/aromatic N) is 3. The summed E-state index contributed by atoms with van der Waals surface area (Å²) in [5.74, 6) is 0.227. The molecule has 0 saturated carbocycles. The highest BCUT2D eigenvalue weighted by Crippen LogP contribution is 2.31. The lowest BCUT2D eigenvalue weighted by Crippen LogP contribution is -2.38. The van der Waals surface area contributed by atoms with Gasteiger partial charge in [-0.25, -0.2) is 13.4 Å². The van der Waals surface area contributed by atoms with Crippen LogP contribution in [-0.2, 0) is 14.6 Å². The van der Waals surface area contributed by atoms with E-state index in [2.05, 4.69) is 4.98 Å². The lowest BCUT2D eigenvalue weighted by atomic mass is 10.1. The summed E-state index contributed by atoms with van der Waals surface area (Å²) in [6.45, 7) is 0. The maximum Gasteiger partial charge on any atom is 0.233 e. The Labute approximate surface area is 191 Å². The van der Waals surface area contributed by atoms with Crippen molar-refractivity contribution in [2.24, 2.45) is 0 Å². The summed E-state index contributed by atoms with van der Waals surface area (Å²) in [6, 6.07) is 17.1. The van der Waals surface area contributed by atoms with Crippen LogP contribution in [0, 0.1) is 0 Å². The number of hydrogen-bond acceptors (Lipinski definition) is 5. The summed E-state index contributed by atoms with van der Waals surface area (Å²) < 4.78 is 25.5. The molecule has 1 amide bonds. The van der Waals surface area contributed by atoms with Gasteiger partial charge < -0.3 is 4.90 Å². The minimum atomic E-state index is -3.04. The van der Waals surface area contributed by atoms with Gasteiger partial charge in [-0.15, -0.1) is 0 Å². The molecule has 1 fully saturated rings. The molecule has 31 heavy (non-hydrogen) atoms. The van der Waals surface area contributed by atoms with Gasteiger partial charge in [0.25, 0.3) is 0 Å². The number of amides is 1. The van der Waals surface area contributed by atoms with Gasteiger partial charge in [0.2, 0.25) is 5.91 Å². The normalized spacial score (nSPS) is 17.5. The minimum Gasteiger partial charge on any atom is -0.341 e. The van der Waals surface area contributed by atoms with Crippen LogP contribution in [-0.4, -0.2) is 59.1 Å². The van der Waals surface area contributed by atoms with Gasteiger partial charge in [0, 0.05) is 29.4 Å². The van der Waals surface area contributed by atoms with E-state index in [9.17, 15) is 13.2 Å². The highest BCUT2D eigenvalue weighted by Gasteiger charge is 2.32. The molecule has 162 valence electrons. The largest absolute Gasteiger partial charge is 0.341 e. The summed E-state index contributed by atoms with van der Waals surface area (Å²) in [5.41, 5.74) is 2.75. The van der Waals surface area contributed by atoms with E-state index < -0.39 is 9.84 Å². The topological polar surface area (TPSA) is 72.3 Å². The Bertz CT molecular complexity index is 1200. The molecule has 9 heteroatoms. The van der Waals surface area contributed by atoms with Crippen molar-refractivity contribution in [3.8, 4) is 16.9 Å². The molecule has 1 aliphatic rings. The van der Waals surface area contributed by atoms with Crippen molar-refractivity contribution < 1.29 is 13.2 Å². The number of carbonyl (C=O) groups excluding carboxylic acids is 1. The number of sulfone groups is 1. The number of imidazole rings is 1. The van der Waals surface area contributed by atoms with E-state index in [1.54, 1.807) is 18.1 Å². The second kappa shape index (κ2) is 9.06. The molecule has 3 aromatic rings. The molecule has 1 atom stereocenters. The van der Waals surface area contributed by atoms with E-state index in [1.165, 1.54) is 11.8 Å². The zero-order valence-corrected chi connectivity index (χ0v) is 19.3. The molecule has 1 aliphatic heterocycles. The number of halogens is 1. The number of thioether (sulfide) groups is 1. The van der Waals surface area contributed by atoms with Gasteiger partial charge in [-0.05, 0) is 24.6 Å². The van der Waals surface area contributed by atoms with Crippen molar-refractivity contribution in [1.29, 1.82) is 0 Å². The van der Waals surface area contributed by atoms with E-state index >= 15 is 0 Å². The molecule has 0 radical (unpaired) electrons. The number of aromatic nitrogens is 2. The van der Waals surface area contributed by atoms with Crippen LogP contribution in [0.25, 0.3) is 16.9 Å². The van der Waals surface area contributed by atoms with Gasteiger partial charge in [-0.2, -0.15) is 0 Å². The fourth-order valence-electron chi connectivity index (χ4n) is 3.63. The summed E-state index contributed by atoms with van der Waals surface area (Å²) >= 11 is 7.55. The quantitative estimate of drug-likeness (QED) is 0.505. The third-order valence-electron chi connectivity index (χ3n) is 5.34. The lowest BCUT2D eigenvalue weighted by Gasteiger charge is -2.23. The third-order valence-corrected chi connectivity index (χ3v) is 8.26. The molecule has 6 nitrogen and oxygen atoms in total. The third kappa shape index (κ3) is 4.97. The summed E-state index contributed by atoms with van der Waals surface area (Å²) in [4.78, 5) is 18.9. The van der Waals surface area contributed by atoms with Crippen LogP contribution in [0.5, 0.6) is 0 Å². The standard InChI is InChI=1S/C22H22ClN3O3S2/c1-25(19-10-11-31(28,29)15-19)21(27)14-30-22-24-13-20(16-6-3-2-4-7-16)26(22)18-9-5-8-17(23)12-18/h2-9,12-13,19H,10-11,14-15H2,1H3. The molecule has 2 heterocycles. The van der Waals surface area contributed by atoms with Gasteiger partial charge in [0.05, 0.1) is 29.1 Å². The lowest BCUT2D eigenvalue weighted by molar-refractivity contribution is -0.128. The van der Waals surface area contributed by atoms with Gasteiger partial charge in [0.1, 0.15) is 0 Å². The van der Waals surface area contributed by atoms with Crippen LogP contribution >= 0.6 is 23.4 Å². The molecule has 1 aromatic heterocycles. The number of rotatable bonds is 6. The van der Waals surface area contributed by atoms with Gasteiger partial charge >= 0.3 is 0 Å². The first kappa shape index (κ1) is 21.9. The molecule has 2 aromatic carbocycles. The first-order chi connectivity index (χ1) is 14.8. The second-order valence-corrected chi connectivity index (χ2v) is 11.1. The van der Waals surface area contributed by atoms with Gasteiger partial charge in [-0.3, -0.25) is 9.36 Å². The number of hydrogen-bond donors (Lipinski definition) is 0. The first-order valence-electron chi connectivity index (χ1n) is 9.82. The molecule has 0 spiro atoms. The molecule has 4 rings (SSSR count). The Hall–Kier alpha value is -2.29. The zero-order valence-electron chi connectivity index (χ0n) is 16.9. The highest BCUT2D eigenvalue weighted by atomic mass is 35.5. The average Bonchev–Trinajstić information content (AvgIpc) is 3.35. The van der Waals surface area contributed by atoms with E-state index in [1.807, 2.05) is 59.2 Å². The van der Waals surface area contributed by atoms with E-state index in [0.29, 0.717) is 16.6 Å². The summed E-state index contributed by atoms with van der Waals surface area (Å²) in [6.07, 6.45) is 2.28. The molecule has 1 unspecified atom stereocenters. The zero-order chi connectivity index (χ0) is 22.0. The van der Waals surface area contributed by atoms with Gasteiger partial charge in [-0.1, -0.05) is 59.8 Å². The Kier molecular flexibility index (Phi) is 6.41.